The van der Waals surface area contributed by atoms with Gasteiger partial charge < -0.3 is 13.9 Å². The molecule has 8 aliphatic rings. The van der Waals surface area contributed by atoms with Crippen LogP contribution in [0.2, 0.25) is 19.6 Å². The lowest BCUT2D eigenvalue weighted by atomic mass is 9.43. The van der Waals surface area contributed by atoms with Gasteiger partial charge in [-0.1, -0.05) is 83.1 Å². The Morgan fingerprint density at radius 3 is 1.58 bits per heavy atom. The zero-order chi connectivity index (χ0) is 45.2. The second-order valence-electron chi connectivity index (χ2n) is 25.6. The highest BCUT2D eigenvalue weighted by Gasteiger charge is 2.64. The van der Waals surface area contributed by atoms with Crippen molar-refractivity contribution < 1.29 is 28.3 Å². The number of Topliss-reactive ketones (excluding diaryl/α,β-unsaturated/α-hetero) is 1. The molecule has 0 spiro atoms. The number of rotatable bonds is 10. The Balaban J connectivity index is 0.000000235. The van der Waals surface area contributed by atoms with Gasteiger partial charge in [0.05, 0.1) is 20.0 Å². The fraction of sp³-hybridized carbons (Fsp3) is 0.912. The molecule has 7 fully saturated rings. The minimum atomic E-state index is -1.68. The third-order valence-corrected chi connectivity index (χ3v) is 22.1. The Bertz CT molecular complexity index is 1670. The molecular weight excluding hydrogens is 809 g/mol. The highest BCUT2D eigenvalue weighted by molar-refractivity contribution is 6.70. The summed E-state index contributed by atoms with van der Waals surface area (Å²) in [5.41, 5.74) is 1.47. The van der Waals surface area contributed by atoms with Gasteiger partial charge in [-0.3, -0.25) is 14.4 Å². The molecule has 0 heterocycles. The molecule has 0 aromatic heterocycles. The van der Waals surface area contributed by atoms with E-state index in [-0.39, 0.29) is 32.2 Å². The van der Waals surface area contributed by atoms with Crippen molar-refractivity contribution in [2.45, 2.75) is 212 Å². The summed E-state index contributed by atoms with van der Waals surface area (Å²) in [5, 5.41) is 0. The van der Waals surface area contributed by atoms with Crippen molar-refractivity contribution in [3.63, 3.8) is 0 Å². The fourth-order valence-electron chi connectivity index (χ4n) is 17.7. The van der Waals surface area contributed by atoms with Gasteiger partial charge in [0.15, 0.2) is 0 Å². The van der Waals surface area contributed by atoms with Gasteiger partial charge in [0, 0.05) is 31.1 Å². The van der Waals surface area contributed by atoms with Crippen LogP contribution in [0, 0.1) is 105 Å². The van der Waals surface area contributed by atoms with Crippen LogP contribution in [-0.4, -0.2) is 40.3 Å². The molecule has 0 radical (unpaired) electrons. The summed E-state index contributed by atoms with van der Waals surface area (Å²) in [6.45, 7) is 26.9. The monoisotopic (exact) mass is 909 g/mol. The Hall–Kier alpha value is -1.63. The van der Waals surface area contributed by atoms with Crippen LogP contribution < -0.4 is 0 Å². The van der Waals surface area contributed by atoms with E-state index < -0.39 is 8.32 Å². The number of hydrogen-bond acceptors (Lipinski definition) is 6. The third-order valence-electron chi connectivity index (χ3n) is 21.2. The van der Waals surface area contributed by atoms with Crippen molar-refractivity contribution in [1.29, 1.82) is 0 Å². The van der Waals surface area contributed by atoms with Crippen molar-refractivity contribution in [2.24, 2.45) is 105 Å². The lowest BCUT2D eigenvalue weighted by molar-refractivity contribution is -0.158. The van der Waals surface area contributed by atoms with Crippen LogP contribution in [0.5, 0.6) is 0 Å². The minimum Gasteiger partial charge on any atom is -0.547 e. The van der Waals surface area contributed by atoms with Crippen LogP contribution in [0.1, 0.15) is 192 Å². The van der Waals surface area contributed by atoms with E-state index in [4.69, 9.17) is 13.9 Å². The quantitative estimate of drug-likeness (QED) is 0.160. The molecule has 0 aliphatic heterocycles. The van der Waals surface area contributed by atoms with E-state index in [1.165, 1.54) is 110 Å². The van der Waals surface area contributed by atoms with Crippen LogP contribution in [0.25, 0.3) is 0 Å². The Morgan fingerprint density at radius 2 is 1.08 bits per heavy atom. The number of carbonyl (C=O) groups is 3. The highest BCUT2D eigenvalue weighted by atomic mass is 28.4. The maximum Gasteiger partial charge on any atom is 0.305 e. The zero-order valence-corrected chi connectivity index (χ0v) is 43.0. The van der Waals surface area contributed by atoms with Crippen LogP contribution in [0.3, 0.4) is 0 Å². The van der Waals surface area contributed by atoms with Crippen molar-refractivity contribution in [1.82, 2.24) is 0 Å². The summed E-state index contributed by atoms with van der Waals surface area (Å²) in [7, 11) is 1.32. The number of ketones is 1. The number of ether oxygens (including phenoxy) is 2. The van der Waals surface area contributed by atoms with Crippen LogP contribution >= 0.6 is 0 Å². The van der Waals surface area contributed by atoms with Gasteiger partial charge in [0.1, 0.15) is 5.78 Å². The molecule has 8 rings (SSSR count). The first-order chi connectivity index (χ1) is 29.1. The highest BCUT2D eigenvalue weighted by Crippen LogP contribution is 2.70. The number of fused-ring (bicyclic) bond motifs is 10. The van der Waals surface area contributed by atoms with E-state index in [0.29, 0.717) is 94.0 Å². The molecule has 7 heteroatoms. The molecule has 7 saturated carbocycles. The predicted molar refractivity (Wildman–Crippen MR) is 267 cm³/mol. The Kier molecular flexibility index (Phi) is 16.8. The first-order valence-electron chi connectivity index (χ1n) is 26.2. The Morgan fingerprint density at radius 1 is 0.641 bits per heavy atom. The second kappa shape index (κ2) is 20.1. The second-order valence-corrected chi connectivity index (χ2v) is 30.1. The van der Waals surface area contributed by atoms with Crippen molar-refractivity contribution in [2.75, 3.05) is 14.2 Å². The average Bonchev–Trinajstić information content (AvgIpc) is 3.76. The molecule has 8 aliphatic carbocycles. The number of esters is 2. The third kappa shape index (κ3) is 9.80. The standard InChI is InChI=1S/C29H50O3Si.C26H42O3.2CH4/c1-19-13-15-28(3)21(17-19)18-25(32-33(6,7)8)27-23-11-10-22(20(2)9-12-26(30)31-5)29(23,4)16-14-24(27)28;1-16-10-12-25(3)18(14-16)15-22(27)24-20-8-7-19(17(2)6-9-23(28)29-5)26(20,4)13-11-21(24)25;;/h18-24,27H,9-17H2,1-8H3;16-21,24H,6-15H2,1-5H3;2*1H4/t19-,20-,21?,22?,23?,24?,27?,28+,29-;16-,17-,18?,19?,20?,21?,24?,25+,26-;;/m11../s1. The summed E-state index contributed by atoms with van der Waals surface area (Å²) in [5.74, 6) is 10.8. The molecule has 0 N–H and O–H groups in total. The lowest BCUT2D eigenvalue weighted by Gasteiger charge is -2.60. The van der Waals surface area contributed by atoms with E-state index in [1.807, 2.05) is 0 Å². The van der Waals surface area contributed by atoms with Gasteiger partial charge in [0.25, 0.3) is 0 Å². The molecule has 368 valence electrons. The molecule has 64 heavy (non-hydrogen) atoms. The summed E-state index contributed by atoms with van der Waals surface area (Å²) >= 11 is 0. The lowest BCUT2D eigenvalue weighted by Crippen LogP contribution is -2.57. The van der Waals surface area contributed by atoms with Crippen LogP contribution in [0.4, 0.5) is 0 Å². The molecule has 0 saturated heterocycles. The topological polar surface area (TPSA) is 78.9 Å². The molecular formula is C57H100O6Si. The van der Waals surface area contributed by atoms with Gasteiger partial charge in [-0.15, -0.1) is 0 Å². The first kappa shape index (κ1) is 53.3. The average molecular weight is 910 g/mol. The largest absolute Gasteiger partial charge is 0.547 e. The SMILES string of the molecule is C.C.COC(=O)CC[C@@H](C)C1CCC2C3C(=O)CC4C[C@H](C)CC[C@]4(C)C3CC[C@@]21C.COC(=O)CC[C@@H](C)C1CCC2C3C(O[Si](C)(C)C)=CC4C[C@H](C)CC[C@]4(C)C3CC[C@@]21C. The van der Waals surface area contributed by atoms with E-state index in [0.717, 1.165) is 42.9 Å². The van der Waals surface area contributed by atoms with Gasteiger partial charge >= 0.3 is 11.9 Å². The predicted octanol–water partition coefficient (Wildman–Crippen LogP) is 15.1. The smallest absolute Gasteiger partial charge is 0.305 e. The maximum atomic E-state index is 13.5. The van der Waals surface area contributed by atoms with E-state index >= 15 is 0 Å². The molecule has 18 atom stereocenters. The summed E-state index contributed by atoms with van der Waals surface area (Å²) in [6, 6.07) is 0. The van der Waals surface area contributed by atoms with E-state index in [2.05, 4.69) is 81.1 Å². The number of methoxy groups -OCH3 is 2. The van der Waals surface area contributed by atoms with Gasteiger partial charge in [0.2, 0.25) is 8.32 Å². The van der Waals surface area contributed by atoms with Gasteiger partial charge in [-0.05, 0) is 208 Å². The summed E-state index contributed by atoms with van der Waals surface area (Å²) in [6.07, 6.45) is 24.8. The van der Waals surface area contributed by atoms with Crippen LogP contribution in [-0.2, 0) is 28.3 Å². The summed E-state index contributed by atoms with van der Waals surface area (Å²) in [4.78, 5) is 36.9. The Labute approximate surface area is 395 Å². The van der Waals surface area contributed by atoms with E-state index in [1.54, 1.807) is 0 Å². The van der Waals surface area contributed by atoms with Crippen molar-refractivity contribution in [3.8, 4) is 0 Å². The van der Waals surface area contributed by atoms with Crippen molar-refractivity contribution >= 4 is 26.0 Å². The molecule has 0 aromatic carbocycles. The van der Waals surface area contributed by atoms with Crippen molar-refractivity contribution in [3.05, 3.63) is 11.8 Å². The van der Waals surface area contributed by atoms with Gasteiger partial charge in [-0.2, -0.15) is 0 Å². The first-order valence-corrected chi connectivity index (χ1v) is 29.6. The molecule has 6 nitrogen and oxygen atoms in total. The van der Waals surface area contributed by atoms with E-state index in [9.17, 15) is 14.4 Å². The molecule has 10 unspecified atom stereocenters. The number of carbonyl (C=O) groups excluding carboxylic acids is 3. The molecule has 0 bridgehead atoms. The number of hydrogen-bond donors (Lipinski definition) is 0. The normalized spacial score (nSPS) is 44.1. The number of allylic oxidation sites excluding steroid dienone is 2. The van der Waals surface area contributed by atoms with Gasteiger partial charge in [-0.25, -0.2) is 0 Å². The minimum absolute atomic E-state index is 0. The fourth-order valence-corrected chi connectivity index (χ4v) is 18.6. The maximum absolute atomic E-state index is 13.5. The van der Waals surface area contributed by atoms with Crippen LogP contribution in [0.15, 0.2) is 11.8 Å². The molecule has 0 amide bonds. The molecule has 0 aromatic rings. The summed E-state index contributed by atoms with van der Waals surface area (Å²) < 4.78 is 16.8. The zero-order valence-electron chi connectivity index (χ0n) is 42.0.